The molecule has 9 nitrogen and oxygen atoms in total. The van der Waals surface area contributed by atoms with Gasteiger partial charge in [-0.25, -0.2) is 22.6 Å². The Labute approximate surface area is 163 Å². The van der Waals surface area contributed by atoms with E-state index in [0.717, 1.165) is 12.1 Å². The van der Waals surface area contributed by atoms with Gasteiger partial charge in [-0.2, -0.15) is 9.40 Å². The highest BCUT2D eigenvalue weighted by atomic mass is 32.2. The number of hydrogen-bond acceptors (Lipinski definition) is 5. The minimum Gasteiger partial charge on any atom is -0.328 e. The molecule has 1 fully saturated rings. The fourth-order valence-electron chi connectivity index (χ4n) is 3.13. The monoisotopic (exact) mass is 410 g/mol. The predicted octanol–water partition coefficient (Wildman–Crippen LogP) is 1.12. The van der Waals surface area contributed by atoms with E-state index in [4.69, 9.17) is 0 Å². The van der Waals surface area contributed by atoms with Gasteiger partial charge >= 0.3 is 6.03 Å². The number of nitrogens with one attached hydrogen (secondary N) is 1. The van der Waals surface area contributed by atoms with Gasteiger partial charge in [-0.15, -0.1) is 0 Å². The minimum atomic E-state index is -3.73. The zero-order valence-electron chi connectivity index (χ0n) is 15.7. The lowest BCUT2D eigenvalue weighted by Crippen LogP contribution is -2.43. The van der Waals surface area contributed by atoms with E-state index in [2.05, 4.69) is 15.4 Å². The van der Waals surface area contributed by atoms with E-state index in [1.807, 2.05) is 6.92 Å². The first-order chi connectivity index (χ1) is 13.3. The highest BCUT2D eigenvalue weighted by Gasteiger charge is 2.29. The van der Waals surface area contributed by atoms with Crippen molar-refractivity contribution in [1.29, 1.82) is 0 Å². The topological polar surface area (TPSA) is 100 Å². The van der Waals surface area contributed by atoms with Gasteiger partial charge < -0.3 is 10.2 Å². The Morgan fingerprint density at radius 2 is 1.89 bits per heavy atom. The molecule has 1 N–H and O–H groups in total. The molecule has 2 amide bonds. The van der Waals surface area contributed by atoms with Crippen LogP contribution in [0.1, 0.15) is 25.2 Å². The highest BCUT2D eigenvalue weighted by molar-refractivity contribution is 7.89. The number of urea groups is 1. The molecule has 1 aromatic heterocycles. The van der Waals surface area contributed by atoms with E-state index in [1.54, 1.807) is 16.6 Å². The third-order valence-corrected chi connectivity index (χ3v) is 6.58. The maximum atomic E-state index is 13.1. The van der Waals surface area contributed by atoms with Crippen molar-refractivity contribution in [2.75, 3.05) is 26.2 Å². The maximum absolute atomic E-state index is 13.1. The summed E-state index contributed by atoms with van der Waals surface area (Å²) in [6.45, 7) is 2.98. The molecule has 1 atom stereocenters. The minimum absolute atomic E-state index is 0.0442. The lowest BCUT2D eigenvalue weighted by Gasteiger charge is -2.24. The Bertz CT molecular complexity index is 931. The predicted molar refractivity (Wildman–Crippen MR) is 99.3 cm³/mol. The van der Waals surface area contributed by atoms with Crippen molar-refractivity contribution in [3.8, 4) is 0 Å². The third-order valence-electron chi connectivity index (χ3n) is 4.67. The Morgan fingerprint density at radius 1 is 1.18 bits per heavy atom. The Kier molecular flexibility index (Phi) is 5.94. The molecule has 152 valence electrons. The largest absolute Gasteiger partial charge is 0.328 e. The highest BCUT2D eigenvalue weighted by Crippen LogP contribution is 2.18. The molecular formula is C17H23FN6O3S. The summed E-state index contributed by atoms with van der Waals surface area (Å²) in [4.78, 5) is 18.3. The average molecular weight is 410 g/mol. The first-order valence-electron chi connectivity index (χ1n) is 8.94. The molecule has 1 aliphatic heterocycles. The fraction of sp³-hybridized carbons (Fsp3) is 0.471. The van der Waals surface area contributed by atoms with Crippen LogP contribution in [0.4, 0.5) is 9.18 Å². The standard InChI is InChI=1S/C17H23FN6O3S/c1-13(16-19-12-20-22(16)2)21-17(25)23-8-3-9-24(11-10-23)28(26,27)15-6-4-14(18)5-7-15/h4-7,12-13H,3,8-11H2,1-2H3,(H,21,25). The molecule has 2 aromatic rings. The molecule has 28 heavy (non-hydrogen) atoms. The Balaban J connectivity index is 1.63. The molecule has 2 heterocycles. The van der Waals surface area contributed by atoms with E-state index in [-0.39, 0.29) is 30.1 Å². The molecule has 0 radical (unpaired) electrons. The first-order valence-corrected chi connectivity index (χ1v) is 10.4. The summed E-state index contributed by atoms with van der Waals surface area (Å²) in [5, 5.41) is 6.85. The van der Waals surface area contributed by atoms with Crippen LogP contribution in [0.5, 0.6) is 0 Å². The summed E-state index contributed by atoms with van der Waals surface area (Å²) in [7, 11) is -1.98. The molecule has 0 spiro atoms. The maximum Gasteiger partial charge on any atom is 0.318 e. The molecule has 1 saturated heterocycles. The van der Waals surface area contributed by atoms with Gasteiger partial charge in [0.25, 0.3) is 0 Å². The molecule has 3 rings (SSSR count). The van der Waals surface area contributed by atoms with Crippen LogP contribution in [0, 0.1) is 5.82 Å². The fourth-order valence-corrected chi connectivity index (χ4v) is 4.60. The number of carbonyl (C=O) groups excluding carboxylic acids is 1. The SMILES string of the molecule is CC(NC(=O)N1CCCN(S(=O)(=O)c2ccc(F)cc2)CC1)c1ncnn1C. The molecular weight excluding hydrogens is 387 g/mol. The van der Waals surface area contributed by atoms with Crippen LogP contribution < -0.4 is 5.32 Å². The van der Waals surface area contributed by atoms with Crippen LogP contribution in [0.2, 0.25) is 0 Å². The van der Waals surface area contributed by atoms with Gasteiger partial charge in [0.1, 0.15) is 18.0 Å². The number of hydrogen-bond donors (Lipinski definition) is 1. The van der Waals surface area contributed by atoms with Gasteiger partial charge in [0.15, 0.2) is 0 Å². The van der Waals surface area contributed by atoms with Crippen molar-refractivity contribution in [2.45, 2.75) is 24.3 Å². The van der Waals surface area contributed by atoms with Gasteiger partial charge in [-0.05, 0) is 37.6 Å². The molecule has 0 aliphatic carbocycles. The Morgan fingerprint density at radius 3 is 2.54 bits per heavy atom. The molecule has 11 heteroatoms. The lowest BCUT2D eigenvalue weighted by atomic mass is 10.3. The summed E-state index contributed by atoms with van der Waals surface area (Å²) in [6, 6.07) is 4.14. The lowest BCUT2D eigenvalue weighted by molar-refractivity contribution is 0.196. The normalized spacial score (nSPS) is 17.2. The van der Waals surface area contributed by atoms with Crippen LogP contribution in [-0.4, -0.2) is 64.6 Å². The smallest absolute Gasteiger partial charge is 0.318 e. The second-order valence-corrected chi connectivity index (χ2v) is 8.55. The summed E-state index contributed by atoms with van der Waals surface area (Å²) >= 11 is 0. The molecule has 1 unspecified atom stereocenters. The number of aromatic nitrogens is 3. The Hall–Kier alpha value is -2.53. The number of amides is 2. The van der Waals surface area contributed by atoms with E-state index < -0.39 is 15.8 Å². The number of aryl methyl sites for hydroxylation is 1. The van der Waals surface area contributed by atoms with Crippen molar-refractivity contribution >= 4 is 16.1 Å². The number of nitrogens with zero attached hydrogens (tertiary/aromatic N) is 5. The molecule has 0 bridgehead atoms. The average Bonchev–Trinajstić information content (AvgIpc) is 2.92. The second-order valence-electron chi connectivity index (χ2n) is 6.61. The van der Waals surface area contributed by atoms with Crippen molar-refractivity contribution in [3.63, 3.8) is 0 Å². The van der Waals surface area contributed by atoms with Crippen LogP contribution in [0.15, 0.2) is 35.5 Å². The first kappa shape index (κ1) is 20.2. The molecule has 1 aliphatic rings. The van der Waals surface area contributed by atoms with E-state index in [0.29, 0.717) is 25.3 Å². The van der Waals surface area contributed by atoms with Crippen molar-refractivity contribution in [3.05, 3.63) is 42.2 Å². The summed E-state index contributed by atoms with van der Waals surface area (Å²) in [5.41, 5.74) is 0. The third kappa shape index (κ3) is 4.30. The van der Waals surface area contributed by atoms with Gasteiger partial charge in [-0.3, -0.25) is 4.68 Å². The zero-order chi connectivity index (χ0) is 20.3. The summed E-state index contributed by atoms with van der Waals surface area (Å²) in [6.07, 6.45) is 1.92. The number of rotatable bonds is 4. The van der Waals surface area contributed by atoms with Crippen LogP contribution in [0.25, 0.3) is 0 Å². The van der Waals surface area contributed by atoms with E-state index >= 15 is 0 Å². The molecule has 0 saturated carbocycles. The summed E-state index contributed by atoms with van der Waals surface area (Å²) < 4.78 is 41.5. The van der Waals surface area contributed by atoms with Crippen molar-refractivity contribution in [2.24, 2.45) is 7.05 Å². The van der Waals surface area contributed by atoms with Crippen LogP contribution in [-0.2, 0) is 17.1 Å². The number of benzene rings is 1. The van der Waals surface area contributed by atoms with E-state index in [9.17, 15) is 17.6 Å². The van der Waals surface area contributed by atoms with E-state index in [1.165, 1.54) is 22.8 Å². The van der Waals surface area contributed by atoms with Crippen molar-refractivity contribution < 1.29 is 17.6 Å². The van der Waals surface area contributed by atoms with Crippen molar-refractivity contribution in [1.82, 2.24) is 29.3 Å². The molecule has 1 aromatic carbocycles. The van der Waals surface area contributed by atoms with Crippen LogP contribution >= 0.6 is 0 Å². The number of sulfonamides is 1. The zero-order valence-corrected chi connectivity index (χ0v) is 16.6. The van der Waals surface area contributed by atoms with Gasteiger partial charge in [0.05, 0.1) is 10.9 Å². The van der Waals surface area contributed by atoms with Crippen LogP contribution in [0.3, 0.4) is 0 Å². The number of carbonyl (C=O) groups is 1. The van der Waals surface area contributed by atoms with Gasteiger partial charge in [0.2, 0.25) is 10.0 Å². The van der Waals surface area contributed by atoms with Gasteiger partial charge in [0, 0.05) is 33.2 Å². The quantitative estimate of drug-likeness (QED) is 0.814. The second kappa shape index (κ2) is 8.23. The number of halogens is 1. The van der Waals surface area contributed by atoms with Gasteiger partial charge in [-0.1, -0.05) is 0 Å². The summed E-state index contributed by atoms with van der Waals surface area (Å²) in [5.74, 6) is 0.137.